The van der Waals surface area contributed by atoms with Gasteiger partial charge in [-0.05, 0) is 82.0 Å². The van der Waals surface area contributed by atoms with Gasteiger partial charge in [0.05, 0.1) is 10.6 Å². The highest BCUT2D eigenvalue weighted by Crippen LogP contribution is 2.29. The molecule has 0 aliphatic rings. The van der Waals surface area contributed by atoms with Gasteiger partial charge in [0, 0.05) is 19.0 Å². The number of rotatable bonds is 12. The summed E-state index contributed by atoms with van der Waals surface area (Å²) in [6.45, 7) is 11.0. The molecule has 4 aromatic rings. The van der Waals surface area contributed by atoms with Gasteiger partial charge in [0.1, 0.15) is 12.6 Å². The summed E-state index contributed by atoms with van der Waals surface area (Å²) in [5.74, 6) is -0.775. The normalized spacial score (nSPS) is 12.1. The van der Waals surface area contributed by atoms with Crippen LogP contribution in [0.25, 0.3) is 0 Å². The summed E-state index contributed by atoms with van der Waals surface area (Å²) >= 11 is 0. The fourth-order valence-corrected chi connectivity index (χ4v) is 6.75. The van der Waals surface area contributed by atoms with E-state index in [1.807, 2.05) is 108 Å². The zero-order valence-corrected chi connectivity index (χ0v) is 27.8. The van der Waals surface area contributed by atoms with Crippen LogP contribution in [0.2, 0.25) is 0 Å². The molecule has 0 radical (unpaired) electrons. The van der Waals surface area contributed by atoms with Crippen LogP contribution in [0, 0.1) is 27.7 Å². The Morgan fingerprint density at radius 2 is 1.36 bits per heavy atom. The summed E-state index contributed by atoms with van der Waals surface area (Å²) in [5, 5.41) is 2.99. The fourth-order valence-electron chi connectivity index (χ4n) is 5.28. The van der Waals surface area contributed by atoms with Gasteiger partial charge < -0.3 is 10.2 Å². The minimum absolute atomic E-state index is 0.0884. The number of hydrogen-bond acceptors (Lipinski definition) is 4. The summed E-state index contributed by atoms with van der Waals surface area (Å²) in [4.78, 5) is 30.1. The molecular formula is C37H43N3O4S. The van der Waals surface area contributed by atoms with Crippen molar-refractivity contribution in [3.8, 4) is 0 Å². The second kappa shape index (κ2) is 14.6. The molecule has 0 heterocycles. The van der Waals surface area contributed by atoms with E-state index in [0.717, 1.165) is 27.8 Å². The van der Waals surface area contributed by atoms with Crippen molar-refractivity contribution in [2.24, 2.45) is 0 Å². The lowest BCUT2D eigenvalue weighted by Gasteiger charge is -2.34. The van der Waals surface area contributed by atoms with Crippen LogP contribution in [-0.2, 0) is 32.6 Å². The van der Waals surface area contributed by atoms with Gasteiger partial charge in [-0.15, -0.1) is 0 Å². The van der Waals surface area contributed by atoms with Gasteiger partial charge >= 0.3 is 0 Å². The summed E-state index contributed by atoms with van der Waals surface area (Å²) in [6.07, 6.45) is 0.269. The van der Waals surface area contributed by atoms with Crippen LogP contribution >= 0.6 is 0 Å². The van der Waals surface area contributed by atoms with Gasteiger partial charge in [-0.1, -0.05) is 90.0 Å². The fraction of sp³-hybridized carbons (Fsp3) is 0.297. The van der Waals surface area contributed by atoms with E-state index in [1.165, 1.54) is 9.21 Å². The van der Waals surface area contributed by atoms with Crippen LogP contribution in [0.15, 0.2) is 102 Å². The molecule has 236 valence electrons. The Balaban J connectivity index is 1.84. The number of benzene rings is 4. The van der Waals surface area contributed by atoms with E-state index in [4.69, 9.17) is 0 Å². The van der Waals surface area contributed by atoms with Gasteiger partial charge in [0.25, 0.3) is 10.0 Å². The highest BCUT2D eigenvalue weighted by Gasteiger charge is 2.35. The molecule has 0 fully saturated rings. The Hall–Kier alpha value is -4.43. The molecule has 4 aromatic carbocycles. The largest absolute Gasteiger partial charge is 0.352 e. The second-order valence-electron chi connectivity index (χ2n) is 12.0. The molecule has 7 nitrogen and oxygen atoms in total. The van der Waals surface area contributed by atoms with Crippen LogP contribution in [0.3, 0.4) is 0 Å². The highest BCUT2D eigenvalue weighted by atomic mass is 32.2. The zero-order valence-electron chi connectivity index (χ0n) is 26.9. The Bertz CT molecular complexity index is 1740. The van der Waals surface area contributed by atoms with Crippen molar-refractivity contribution < 1.29 is 18.0 Å². The third kappa shape index (κ3) is 8.60. The van der Waals surface area contributed by atoms with Crippen LogP contribution < -0.4 is 9.62 Å². The monoisotopic (exact) mass is 625 g/mol. The third-order valence-corrected chi connectivity index (χ3v) is 9.43. The van der Waals surface area contributed by atoms with E-state index in [0.29, 0.717) is 11.3 Å². The molecule has 0 aromatic heterocycles. The van der Waals surface area contributed by atoms with Crippen molar-refractivity contribution in [2.75, 3.05) is 10.8 Å². The summed E-state index contributed by atoms with van der Waals surface area (Å²) < 4.78 is 29.8. The molecule has 45 heavy (non-hydrogen) atoms. The maximum absolute atomic E-state index is 14.6. The smallest absolute Gasteiger partial charge is 0.264 e. The molecule has 8 heteroatoms. The lowest BCUT2D eigenvalue weighted by Crippen LogP contribution is -2.54. The van der Waals surface area contributed by atoms with Crippen LogP contribution in [-0.4, -0.2) is 43.8 Å². The molecule has 4 rings (SSSR count). The number of carbonyl (C=O) groups is 2. The van der Waals surface area contributed by atoms with Crippen LogP contribution in [0.5, 0.6) is 0 Å². The second-order valence-corrected chi connectivity index (χ2v) is 13.9. The van der Waals surface area contributed by atoms with Crippen LogP contribution in [0.4, 0.5) is 5.69 Å². The number of nitrogens with one attached hydrogen (secondary N) is 1. The molecule has 1 atom stereocenters. The number of hydrogen-bond donors (Lipinski definition) is 1. The molecule has 1 N–H and O–H groups in total. The number of anilines is 1. The van der Waals surface area contributed by atoms with Crippen molar-refractivity contribution in [1.82, 2.24) is 10.2 Å². The minimum Gasteiger partial charge on any atom is -0.352 e. The Labute approximate surface area is 268 Å². The summed E-state index contributed by atoms with van der Waals surface area (Å²) in [6, 6.07) is 28.4. The maximum atomic E-state index is 14.6. The first-order valence-corrected chi connectivity index (χ1v) is 16.6. The van der Waals surface area contributed by atoms with Crippen molar-refractivity contribution in [2.45, 2.75) is 71.5 Å². The van der Waals surface area contributed by atoms with E-state index in [-0.39, 0.29) is 29.8 Å². The number of sulfonamides is 1. The first-order valence-electron chi connectivity index (χ1n) is 15.2. The van der Waals surface area contributed by atoms with E-state index < -0.39 is 28.5 Å². The summed E-state index contributed by atoms with van der Waals surface area (Å²) in [5.41, 5.74) is 5.68. The number of carbonyl (C=O) groups excluding carboxylic acids is 2. The van der Waals surface area contributed by atoms with Gasteiger partial charge in [0.2, 0.25) is 11.8 Å². The minimum atomic E-state index is -4.16. The molecule has 0 aliphatic heterocycles. The first-order chi connectivity index (χ1) is 21.3. The van der Waals surface area contributed by atoms with E-state index in [2.05, 4.69) is 5.32 Å². The third-order valence-electron chi connectivity index (χ3n) is 7.66. The average molecular weight is 626 g/mol. The number of amides is 2. The van der Waals surface area contributed by atoms with Gasteiger partial charge in [-0.3, -0.25) is 13.9 Å². The van der Waals surface area contributed by atoms with Gasteiger partial charge in [0.15, 0.2) is 0 Å². The van der Waals surface area contributed by atoms with Gasteiger partial charge in [-0.2, -0.15) is 0 Å². The van der Waals surface area contributed by atoms with E-state index in [9.17, 15) is 18.0 Å². The molecule has 0 unspecified atom stereocenters. The van der Waals surface area contributed by atoms with E-state index in [1.54, 1.807) is 30.3 Å². The molecule has 0 saturated carbocycles. The Kier molecular flexibility index (Phi) is 10.8. The van der Waals surface area contributed by atoms with Crippen molar-refractivity contribution in [3.05, 3.63) is 130 Å². The number of nitrogens with zero attached hydrogens (tertiary/aromatic N) is 2. The molecular weight excluding hydrogens is 582 g/mol. The predicted molar refractivity (Wildman–Crippen MR) is 181 cm³/mol. The maximum Gasteiger partial charge on any atom is 0.264 e. The lowest BCUT2D eigenvalue weighted by molar-refractivity contribution is -0.140. The predicted octanol–water partition coefficient (Wildman–Crippen LogP) is 6.28. The van der Waals surface area contributed by atoms with Crippen molar-refractivity contribution in [3.63, 3.8) is 0 Å². The average Bonchev–Trinajstić information content (AvgIpc) is 2.99. The van der Waals surface area contributed by atoms with Crippen molar-refractivity contribution in [1.29, 1.82) is 0 Å². The quantitative estimate of drug-likeness (QED) is 0.201. The van der Waals surface area contributed by atoms with Crippen molar-refractivity contribution >= 4 is 27.5 Å². The molecule has 0 spiro atoms. The van der Waals surface area contributed by atoms with E-state index >= 15 is 0 Å². The van der Waals surface area contributed by atoms with Crippen LogP contribution in [0.1, 0.15) is 47.2 Å². The lowest BCUT2D eigenvalue weighted by atomic mass is 10.0. The topological polar surface area (TPSA) is 86.8 Å². The SMILES string of the molecule is Cc1ccc(S(=O)(=O)N(CC(=O)N(Cc2cccc(C)c2)[C@H](Cc2ccccc2)C(=O)NC(C)C)c2cc(C)ccc2C)cc1. The summed E-state index contributed by atoms with van der Waals surface area (Å²) in [7, 11) is -4.16. The molecule has 0 saturated heterocycles. The Morgan fingerprint density at radius 3 is 2.00 bits per heavy atom. The number of aryl methyl sites for hydroxylation is 4. The molecule has 0 aliphatic carbocycles. The van der Waals surface area contributed by atoms with Gasteiger partial charge in [-0.25, -0.2) is 8.42 Å². The Morgan fingerprint density at radius 1 is 0.733 bits per heavy atom. The molecule has 2 amide bonds. The first kappa shape index (κ1) is 33.5. The molecule has 0 bridgehead atoms. The zero-order chi connectivity index (χ0) is 32.7. The standard InChI is InChI=1S/C37H43N3O4S/c1-26(2)38-37(42)35(23-31-12-8-7-9-13-31)39(24-32-14-10-11-28(4)21-32)36(41)25-40(34-22-29(5)15-18-30(34)6)45(43,44)33-19-16-27(3)17-20-33/h7-22,26,35H,23-25H2,1-6H3,(H,38,42)/t35-/m1/s1. The highest BCUT2D eigenvalue weighted by molar-refractivity contribution is 7.92.